The van der Waals surface area contributed by atoms with Gasteiger partial charge in [-0.2, -0.15) is 26.3 Å². The minimum Gasteiger partial charge on any atom is -0.315 e. The fraction of sp³-hybridized carbons (Fsp3) is 0.300. The van der Waals surface area contributed by atoms with Gasteiger partial charge in [0.2, 0.25) is 5.60 Å². The highest BCUT2D eigenvalue weighted by Gasteiger charge is 2.60. The lowest BCUT2D eigenvalue weighted by molar-refractivity contribution is -0.269. The van der Waals surface area contributed by atoms with Crippen LogP contribution in [0.4, 0.5) is 26.3 Å². The van der Waals surface area contributed by atoms with Gasteiger partial charge in [0.05, 0.1) is 21.3 Å². The van der Waals surface area contributed by atoms with E-state index in [4.69, 9.17) is 28.0 Å². The highest BCUT2D eigenvalue weighted by atomic mass is 35.5. The van der Waals surface area contributed by atoms with E-state index in [1.54, 1.807) is 24.3 Å². The summed E-state index contributed by atoms with van der Waals surface area (Å²) in [7, 11) is 0. The molecule has 1 unspecified atom stereocenters. The van der Waals surface area contributed by atoms with Gasteiger partial charge in [0.1, 0.15) is 0 Å². The van der Waals surface area contributed by atoms with Gasteiger partial charge < -0.3 is 5.32 Å². The summed E-state index contributed by atoms with van der Waals surface area (Å²) in [4.78, 5) is 4.88. The van der Waals surface area contributed by atoms with Crippen LogP contribution in [0.3, 0.4) is 0 Å². The zero-order valence-electron chi connectivity index (χ0n) is 15.5. The lowest BCUT2D eigenvalue weighted by atomic mass is 9.89. The number of benzene rings is 2. The first-order valence-corrected chi connectivity index (χ1v) is 9.79. The van der Waals surface area contributed by atoms with Gasteiger partial charge >= 0.3 is 12.4 Å². The van der Waals surface area contributed by atoms with Crippen molar-refractivity contribution in [1.82, 2.24) is 10.8 Å². The summed E-state index contributed by atoms with van der Waals surface area (Å²) in [5.74, 6) is 0.335. The van der Waals surface area contributed by atoms with E-state index in [1.807, 2.05) is 0 Å². The Morgan fingerprint density at radius 2 is 1.61 bits per heavy atom. The van der Waals surface area contributed by atoms with Gasteiger partial charge in [0.25, 0.3) is 0 Å². The Balaban J connectivity index is 1.78. The molecule has 0 bridgehead atoms. The van der Waals surface area contributed by atoms with Crippen LogP contribution in [0.5, 0.6) is 0 Å². The van der Waals surface area contributed by atoms with E-state index < -0.39 is 39.1 Å². The van der Waals surface area contributed by atoms with Crippen LogP contribution in [0.2, 0.25) is 10.0 Å². The number of hydroxylamine groups is 1. The summed E-state index contributed by atoms with van der Waals surface area (Å²) in [5.41, 5.74) is -1.92. The summed E-state index contributed by atoms with van der Waals surface area (Å²) < 4.78 is 82.2. The lowest BCUT2D eigenvalue weighted by Crippen LogP contribution is -2.42. The molecule has 31 heavy (non-hydrogen) atoms. The van der Waals surface area contributed by atoms with Crippen LogP contribution in [-0.4, -0.2) is 19.3 Å². The predicted molar refractivity (Wildman–Crippen MR) is 103 cm³/mol. The molecule has 1 atom stereocenters. The average Bonchev–Trinajstić information content (AvgIpc) is 3.09. The highest BCUT2D eigenvalue weighted by Crippen LogP contribution is 2.50. The van der Waals surface area contributed by atoms with E-state index in [9.17, 15) is 26.3 Å². The van der Waals surface area contributed by atoms with Crippen molar-refractivity contribution in [2.24, 2.45) is 0 Å². The van der Waals surface area contributed by atoms with E-state index in [2.05, 4.69) is 10.8 Å². The molecule has 2 aliphatic rings. The van der Waals surface area contributed by atoms with Crippen molar-refractivity contribution < 1.29 is 31.2 Å². The summed E-state index contributed by atoms with van der Waals surface area (Å²) in [6.45, 7) is 1.64. The topological polar surface area (TPSA) is 33.3 Å². The molecule has 2 aromatic carbocycles. The summed E-state index contributed by atoms with van der Waals surface area (Å²) >= 11 is 11.3. The molecule has 4 rings (SSSR count). The molecule has 0 spiro atoms. The Morgan fingerprint density at radius 3 is 2.13 bits per heavy atom. The van der Waals surface area contributed by atoms with Gasteiger partial charge in [-0.1, -0.05) is 47.5 Å². The normalized spacial score (nSPS) is 22.1. The maximum absolute atomic E-state index is 14.1. The SMILES string of the molecule is FC(F)(F)c1cc(C2(C(F)(F)F)C=C(c3ccc(C4CNC4)cc3)NO2)cc(Cl)c1Cl. The number of hydrogen-bond donors (Lipinski definition) is 2. The van der Waals surface area contributed by atoms with Gasteiger partial charge in [0.15, 0.2) is 0 Å². The largest absolute Gasteiger partial charge is 0.428 e. The molecular formula is C20H14Cl2F6N2O. The molecule has 2 N–H and O–H groups in total. The molecule has 0 radical (unpaired) electrons. The van der Waals surface area contributed by atoms with Crippen molar-refractivity contribution in [3.05, 3.63) is 74.8 Å². The van der Waals surface area contributed by atoms with Gasteiger partial charge in [-0.15, -0.1) is 0 Å². The van der Waals surface area contributed by atoms with Crippen molar-refractivity contribution in [1.29, 1.82) is 0 Å². The third kappa shape index (κ3) is 3.88. The number of hydrogen-bond acceptors (Lipinski definition) is 3. The molecule has 1 fully saturated rings. The van der Waals surface area contributed by atoms with E-state index in [-0.39, 0.29) is 5.70 Å². The van der Waals surface area contributed by atoms with Crippen molar-refractivity contribution >= 4 is 28.9 Å². The van der Waals surface area contributed by atoms with Crippen LogP contribution >= 0.6 is 23.2 Å². The first-order valence-electron chi connectivity index (χ1n) is 9.04. The fourth-order valence-electron chi connectivity index (χ4n) is 3.45. The smallest absolute Gasteiger partial charge is 0.315 e. The molecule has 0 saturated carbocycles. The maximum atomic E-state index is 14.1. The van der Waals surface area contributed by atoms with E-state index >= 15 is 0 Å². The van der Waals surface area contributed by atoms with Crippen molar-refractivity contribution in [3.8, 4) is 0 Å². The van der Waals surface area contributed by atoms with Gasteiger partial charge in [-0.3, -0.25) is 10.3 Å². The molecule has 2 aromatic rings. The Labute approximate surface area is 182 Å². The van der Waals surface area contributed by atoms with E-state index in [1.165, 1.54) is 0 Å². The van der Waals surface area contributed by atoms with Crippen LogP contribution < -0.4 is 10.8 Å². The van der Waals surface area contributed by atoms with Crippen molar-refractivity contribution in [3.63, 3.8) is 0 Å². The molecule has 3 nitrogen and oxygen atoms in total. The number of halogens is 8. The van der Waals surface area contributed by atoms with Gasteiger partial charge in [-0.25, -0.2) is 0 Å². The fourth-order valence-corrected chi connectivity index (χ4v) is 3.89. The molecule has 2 aliphatic heterocycles. The first kappa shape index (κ1) is 22.3. The number of nitrogens with one attached hydrogen (secondary N) is 2. The van der Waals surface area contributed by atoms with E-state index in [0.29, 0.717) is 23.6 Å². The standard InChI is InChI=1S/C20H14Cl2F6N2O/c21-15-6-13(5-14(17(15)22)19(23,24)25)18(20(26,27)28)7-16(30-31-18)11-3-1-10(2-4-11)12-8-29-9-12/h1-7,12,29-30H,8-9H2. The molecular weight excluding hydrogens is 469 g/mol. The highest BCUT2D eigenvalue weighted by molar-refractivity contribution is 6.42. The number of alkyl halides is 6. The Kier molecular flexibility index (Phi) is 5.44. The van der Waals surface area contributed by atoms with Gasteiger partial charge in [-0.05, 0) is 29.3 Å². The molecule has 2 heterocycles. The van der Waals surface area contributed by atoms with Crippen LogP contribution in [0.15, 0.2) is 42.5 Å². The van der Waals surface area contributed by atoms with Crippen LogP contribution in [0.1, 0.15) is 28.2 Å². The zero-order chi connectivity index (χ0) is 22.6. The molecule has 0 amide bonds. The quantitative estimate of drug-likeness (QED) is 0.523. The maximum Gasteiger partial charge on any atom is 0.428 e. The van der Waals surface area contributed by atoms with Crippen molar-refractivity contribution in [2.75, 3.05) is 13.1 Å². The molecule has 166 valence electrons. The minimum absolute atomic E-state index is 0.0322. The number of rotatable bonds is 3. The predicted octanol–water partition coefficient (Wildman–Crippen LogP) is 6.03. The second-order valence-electron chi connectivity index (χ2n) is 7.29. The Morgan fingerprint density at radius 1 is 0.968 bits per heavy atom. The minimum atomic E-state index is -5.10. The lowest BCUT2D eigenvalue weighted by Gasteiger charge is -2.29. The average molecular weight is 483 g/mol. The monoisotopic (exact) mass is 482 g/mol. The van der Waals surface area contributed by atoms with Crippen molar-refractivity contribution in [2.45, 2.75) is 23.9 Å². The molecule has 0 aromatic heterocycles. The van der Waals surface area contributed by atoms with Gasteiger partial charge in [0, 0.05) is 24.6 Å². The summed E-state index contributed by atoms with van der Waals surface area (Å²) in [5, 5.41) is 1.58. The van der Waals surface area contributed by atoms with Crippen LogP contribution in [-0.2, 0) is 16.6 Å². The first-order chi connectivity index (χ1) is 14.4. The van der Waals surface area contributed by atoms with Crippen LogP contribution in [0, 0.1) is 0 Å². The van der Waals surface area contributed by atoms with E-state index in [0.717, 1.165) is 24.7 Å². The zero-order valence-corrected chi connectivity index (χ0v) is 17.0. The Hall–Kier alpha value is -1.94. The second-order valence-corrected chi connectivity index (χ2v) is 8.08. The third-order valence-corrected chi connectivity index (χ3v) is 6.13. The summed E-state index contributed by atoms with van der Waals surface area (Å²) in [6, 6.07) is 7.85. The molecule has 1 saturated heterocycles. The summed E-state index contributed by atoms with van der Waals surface area (Å²) in [6.07, 6.45) is -9.40. The molecule has 11 heteroatoms. The van der Waals surface area contributed by atoms with Crippen LogP contribution in [0.25, 0.3) is 5.70 Å². The Bertz CT molecular complexity index is 1030. The molecule has 0 aliphatic carbocycles. The second kappa shape index (κ2) is 7.58. The third-order valence-electron chi connectivity index (χ3n) is 5.33.